The Bertz CT molecular complexity index is 1510. The van der Waals surface area contributed by atoms with Gasteiger partial charge in [0.1, 0.15) is 17.7 Å². The van der Waals surface area contributed by atoms with Crippen LogP contribution in [0.5, 0.6) is 0 Å². The minimum Gasteiger partial charge on any atom is -0.444 e. The Hall–Kier alpha value is -4.66. The van der Waals surface area contributed by atoms with E-state index in [1.54, 1.807) is 37.8 Å². The third kappa shape index (κ3) is 8.22. The summed E-state index contributed by atoms with van der Waals surface area (Å²) in [5.41, 5.74) is 6.60. The van der Waals surface area contributed by atoms with Crippen LogP contribution in [-0.4, -0.2) is 46.4 Å². The first-order valence-corrected chi connectivity index (χ1v) is 14.6. The number of anilines is 1. The van der Waals surface area contributed by atoms with Gasteiger partial charge in [0, 0.05) is 18.2 Å². The van der Waals surface area contributed by atoms with Gasteiger partial charge in [0.2, 0.25) is 11.8 Å². The van der Waals surface area contributed by atoms with Crippen LogP contribution in [0.1, 0.15) is 70.0 Å². The lowest BCUT2D eigenvalue weighted by Gasteiger charge is -2.43. The average Bonchev–Trinajstić information content (AvgIpc) is 2.92. The lowest BCUT2D eigenvalue weighted by Crippen LogP contribution is -2.57. The highest BCUT2D eigenvalue weighted by Gasteiger charge is 2.42. The predicted molar refractivity (Wildman–Crippen MR) is 168 cm³/mol. The predicted octanol–water partition coefficient (Wildman–Crippen LogP) is 5.70. The number of hydrogen-bond acceptors (Lipinski definition) is 5. The van der Waals surface area contributed by atoms with Gasteiger partial charge in [-0.1, -0.05) is 61.2 Å². The second-order valence-corrected chi connectivity index (χ2v) is 11.9. The number of nitrogens with two attached hydrogens (primary N) is 1. The average molecular weight is 585 g/mol. The topological polar surface area (TPSA) is 131 Å². The Balaban J connectivity index is 1.74. The molecule has 226 valence electrons. The number of rotatable bonds is 11. The van der Waals surface area contributed by atoms with Crippen molar-refractivity contribution in [3.8, 4) is 0 Å². The number of fused-ring (bicyclic) bond motifs is 1. The zero-order valence-corrected chi connectivity index (χ0v) is 25.0. The Morgan fingerprint density at radius 1 is 1.02 bits per heavy atom. The van der Waals surface area contributed by atoms with Gasteiger partial charge in [0.05, 0.1) is 0 Å². The van der Waals surface area contributed by atoms with Gasteiger partial charge >= 0.3 is 6.09 Å². The van der Waals surface area contributed by atoms with Crippen molar-refractivity contribution in [3.05, 3.63) is 84.4 Å². The summed E-state index contributed by atoms with van der Waals surface area (Å²) in [6, 6.07) is 18.4. The molecule has 2 unspecified atom stereocenters. The Morgan fingerprint density at radius 2 is 1.74 bits per heavy atom. The lowest BCUT2D eigenvalue weighted by atomic mass is 9.87. The second kappa shape index (κ2) is 13.5. The Labute approximate surface area is 252 Å². The minimum atomic E-state index is -1.14. The number of amides is 4. The van der Waals surface area contributed by atoms with E-state index in [4.69, 9.17) is 10.5 Å². The standard InChI is InChI=1S/C34H40N4O5/c1-5-22-10-8-13-25(20-22)30(31(40)36-26-17-16-23-11-6-7-12-24(23)21-26)38(27-14-9-15-27)32(41)28(18-19-29(35)39)37-33(42)43-34(2,3)4/h5-8,10-13,16-17,20-21,27-28,30H,1,9,14-15,18-19H2,2-4H3,(H2,35,39)(H,36,40)(H,37,42). The van der Waals surface area contributed by atoms with E-state index in [0.717, 1.165) is 22.8 Å². The molecule has 9 heteroatoms. The molecule has 1 aliphatic rings. The van der Waals surface area contributed by atoms with E-state index < -0.39 is 41.5 Å². The van der Waals surface area contributed by atoms with E-state index in [1.165, 1.54) is 0 Å². The molecule has 0 radical (unpaired) electrons. The Kier molecular flexibility index (Phi) is 9.85. The fourth-order valence-corrected chi connectivity index (χ4v) is 5.13. The van der Waals surface area contributed by atoms with Crippen LogP contribution in [0.3, 0.4) is 0 Å². The molecule has 1 fully saturated rings. The summed E-state index contributed by atoms with van der Waals surface area (Å²) in [4.78, 5) is 54.7. The fourth-order valence-electron chi connectivity index (χ4n) is 5.13. The van der Waals surface area contributed by atoms with Crippen molar-refractivity contribution in [2.75, 3.05) is 5.32 Å². The van der Waals surface area contributed by atoms with Gasteiger partial charge in [0.15, 0.2) is 0 Å². The molecule has 9 nitrogen and oxygen atoms in total. The summed E-state index contributed by atoms with van der Waals surface area (Å²) in [6.07, 6.45) is 2.99. The van der Waals surface area contributed by atoms with Crippen molar-refractivity contribution in [2.24, 2.45) is 5.73 Å². The lowest BCUT2D eigenvalue weighted by molar-refractivity contribution is -0.146. The molecule has 3 aromatic carbocycles. The molecule has 43 heavy (non-hydrogen) atoms. The highest BCUT2D eigenvalue weighted by molar-refractivity contribution is 6.00. The molecule has 0 heterocycles. The second-order valence-electron chi connectivity index (χ2n) is 11.9. The molecule has 1 aliphatic carbocycles. The van der Waals surface area contributed by atoms with E-state index in [-0.39, 0.29) is 18.9 Å². The summed E-state index contributed by atoms with van der Waals surface area (Å²) < 4.78 is 5.42. The normalized spacial score (nSPS) is 14.6. The summed E-state index contributed by atoms with van der Waals surface area (Å²) in [5, 5.41) is 7.66. The van der Waals surface area contributed by atoms with Crippen LogP contribution in [-0.2, 0) is 19.1 Å². The van der Waals surface area contributed by atoms with Crippen molar-refractivity contribution in [3.63, 3.8) is 0 Å². The summed E-state index contributed by atoms with van der Waals surface area (Å²) in [7, 11) is 0. The maximum Gasteiger partial charge on any atom is 0.408 e. The molecule has 0 aliphatic heterocycles. The van der Waals surface area contributed by atoms with Gasteiger partial charge in [-0.3, -0.25) is 14.4 Å². The molecule has 0 spiro atoms. The van der Waals surface area contributed by atoms with Crippen LogP contribution in [0.4, 0.5) is 10.5 Å². The highest BCUT2D eigenvalue weighted by Crippen LogP contribution is 2.35. The van der Waals surface area contributed by atoms with Gasteiger partial charge in [-0.15, -0.1) is 0 Å². The Morgan fingerprint density at radius 3 is 2.37 bits per heavy atom. The molecule has 4 rings (SSSR count). The number of nitrogens with zero attached hydrogens (tertiary/aromatic N) is 1. The number of carbonyl (C=O) groups excluding carboxylic acids is 4. The van der Waals surface area contributed by atoms with Gasteiger partial charge < -0.3 is 26.0 Å². The first kappa shape index (κ1) is 31.3. The van der Waals surface area contributed by atoms with Crippen LogP contribution in [0, 0.1) is 0 Å². The van der Waals surface area contributed by atoms with Crippen molar-refractivity contribution in [1.82, 2.24) is 10.2 Å². The van der Waals surface area contributed by atoms with Crippen molar-refractivity contribution >= 4 is 46.4 Å². The SMILES string of the molecule is C=Cc1cccc(C(C(=O)Nc2ccc3ccccc3c2)N(C(=O)C(CCC(N)=O)NC(=O)OC(C)(C)C)C2CCC2)c1. The maximum absolute atomic E-state index is 14.4. The molecule has 4 N–H and O–H groups in total. The molecular weight excluding hydrogens is 544 g/mol. The minimum absolute atomic E-state index is 0.0393. The molecule has 1 saturated carbocycles. The van der Waals surface area contributed by atoms with E-state index in [2.05, 4.69) is 17.2 Å². The third-order valence-electron chi connectivity index (χ3n) is 7.40. The van der Waals surface area contributed by atoms with Crippen molar-refractivity contribution in [1.29, 1.82) is 0 Å². The molecular formula is C34H40N4O5. The van der Waals surface area contributed by atoms with Crippen molar-refractivity contribution in [2.45, 2.75) is 76.6 Å². The fraction of sp³-hybridized carbons (Fsp3) is 0.353. The van der Waals surface area contributed by atoms with Crippen LogP contribution in [0.15, 0.2) is 73.3 Å². The van der Waals surface area contributed by atoms with Crippen molar-refractivity contribution < 1.29 is 23.9 Å². The van der Waals surface area contributed by atoms with Crippen LogP contribution in [0.25, 0.3) is 16.8 Å². The number of alkyl carbamates (subject to hydrolysis) is 1. The van der Waals surface area contributed by atoms with Gasteiger partial charge in [-0.25, -0.2) is 4.79 Å². The quantitative estimate of drug-likeness (QED) is 0.266. The summed E-state index contributed by atoms with van der Waals surface area (Å²) in [5.74, 6) is -1.49. The summed E-state index contributed by atoms with van der Waals surface area (Å²) >= 11 is 0. The largest absolute Gasteiger partial charge is 0.444 e. The van der Waals surface area contributed by atoms with Crippen LogP contribution < -0.4 is 16.4 Å². The molecule has 0 aromatic heterocycles. The molecule has 2 atom stereocenters. The number of carbonyl (C=O) groups is 4. The number of benzene rings is 3. The van der Waals surface area contributed by atoms with Crippen LogP contribution >= 0.6 is 0 Å². The molecule has 4 amide bonds. The maximum atomic E-state index is 14.4. The highest BCUT2D eigenvalue weighted by atomic mass is 16.6. The monoisotopic (exact) mass is 584 g/mol. The summed E-state index contributed by atoms with van der Waals surface area (Å²) in [6.45, 7) is 9.01. The number of hydrogen-bond donors (Lipinski definition) is 3. The zero-order chi connectivity index (χ0) is 31.1. The van der Waals surface area contributed by atoms with Gasteiger partial charge in [-0.2, -0.15) is 0 Å². The van der Waals surface area contributed by atoms with E-state index in [1.807, 2.05) is 60.7 Å². The van der Waals surface area contributed by atoms with Gasteiger partial charge in [-0.05, 0) is 86.6 Å². The third-order valence-corrected chi connectivity index (χ3v) is 7.40. The van der Waals surface area contributed by atoms with Crippen LogP contribution in [0.2, 0.25) is 0 Å². The molecule has 0 bridgehead atoms. The molecule has 0 saturated heterocycles. The first-order valence-electron chi connectivity index (χ1n) is 14.6. The first-order chi connectivity index (χ1) is 20.4. The number of nitrogens with one attached hydrogen (secondary N) is 2. The van der Waals surface area contributed by atoms with E-state index >= 15 is 0 Å². The number of ether oxygens (including phenoxy) is 1. The smallest absolute Gasteiger partial charge is 0.408 e. The van der Waals surface area contributed by atoms with E-state index in [9.17, 15) is 19.2 Å². The zero-order valence-electron chi connectivity index (χ0n) is 25.0. The number of primary amides is 1. The molecule has 3 aromatic rings. The van der Waals surface area contributed by atoms with Gasteiger partial charge in [0.25, 0.3) is 5.91 Å². The van der Waals surface area contributed by atoms with E-state index in [0.29, 0.717) is 24.1 Å².